The molecule has 1 heterocycles. The third-order valence-corrected chi connectivity index (χ3v) is 2.74. The predicted octanol–water partition coefficient (Wildman–Crippen LogP) is -0.796. The molecule has 0 aromatic heterocycles. The number of aliphatic hydroxyl groups is 1. The molecule has 0 aromatic carbocycles. The minimum atomic E-state index is 0.264. The van der Waals surface area contributed by atoms with E-state index in [1.54, 1.807) is 0 Å². The van der Waals surface area contributed by atoms with E-state index in [4.69, 9.17) is 0 Å². The highest BCUT2D eigenvalue weighted by Gasteiger charge is 2.19. The van der Waals surface area contributed by atoms with Crippen molar-refractivity contribution in [1.82, 2.24) is 15.1 Å². The normalized spacial score (nSPS) is 25.3. The molecule has 0 aromatic rings. The topological polar surface area (TPSA) is 38.7 Å². The van der Waals surface area contributed by atoms with Gasteiger partial charge in [0.2, 0.25) is 0 Å². The van der Waals surface area contributed by atoms with Gasteiger partial charge in [0.1, 0.15) is 0 Å². The van der Waals surface area contributed by atoms with Crippen molar-refractivity contribution < 1.29 is 5.11 Å². The lowest BCUT2D eigenvalue weighted by Crippen LogP contribution is -2.44. The number of likely N-dealkylation sites (N-methyl/N-ethyl adjacent to an activating group) is 1. The Kier molecular flexibility index (Phi) is 5.40. The highest BCUT2D eigenvalue weighted by atomic mass is 16.3. The molecule has 1 saturated heterocycles. The van der Waals surface area contributed by atoms with Crippen LogP contribution >= 0.6 is 0 Å². The van der Waals surface area contributed by atoms with E-state index in [-0.39, 0.29) is 6.61 Å². The van der Waals surface area contributed by atoms with Crippen molar-refractivity contribution in [3.8, 4) is 0 Å². The summed E-state index contributed by atoms with van der Waals surface area (Å²) in [5.74, 6) is 0. The Morgan fingerprint density at radius 2 is 2.29 bits per heavy atom. The molecule has 0 amide bonds. The van der Waals surface area contributed by atoms with E-state index in [0.29, 0.717) is 6.04 Å². The van der Waals surface area contributed by atoms with Crippen LogP contribution < -0.4 is 5.32 Å². The molecular formula is C10H23N3O. The standard InChI is InChI=1S/C10H23N3O/c1-12(2)6-7-13-5-3-4-11-8-10(13)9-14/h10-11,14H,3-9H2,1-2H3. The summed E-state index contributed by atoms with van der Waals surface area (Å²) in [5.41, 5.74) is 0. The van der Waals surface area contributed by atoms with E-state index in [2.05, 4.69) is 29.2 Å². The lowest BCUT2D eigenvalue weighted by atomic mass is 10.2. The van der Waals surface area contributed by atoms with E-state index in [1.165, 1.54) is 6.42 Å². The van der Waals surface area contributed by atoms with Crippen LogP contribution in [0, 0.1) is 0 Å². The van der Waals surface area contributed by atoms with Crippen LogP contribution in [0.1, 0.15) is 6.42 Å². The summed E-state index contributed by atoms with van der Waals surface area (Å²) in [7, 11) is 4.17. The smallest absolute Gasteiger partial charge is 0.0599 e. The van der Waals surface area contributed by atoms with Gasteiger partial charge in [-0.3, -0.25) is 4.90 Å². The zero-order valence-electron chi connectivity index (χ0n) is 9.37. The van der Waals surface area contributed by atoms with Gasteiger partial charge >= 0.3 is 0 Å². The molecule has 1 aliphatic rings. The molecule has 0 spiro atoms. The Morgan fingerprint density at radius 3 is 2.93 bits per heavy atom. The predicted molar refractivity (Wildman–Crippen MR) is 58.5 cm³/mol. The van der Waals surface area contributed by atoms with Crippen molar-refractivity contribution in [2.75, 3.05) is 53.4 Å². The second-order valence-corrected chi connectivity index (χ2v) is 4.23. The Morgan fingerprint density at radius 1 is 1.50 bits per heavy atom. The first-order valence-corrected chi connectivity index (χ1v) is 5.44. The van der Waals surface area contributed by atoms with Crippen molar-refractivity contribution in [3.63, 3.8) is 0 Å². The molecule has 1 atom stereocenters. The average Bonchev–Trinajstić information content (AvgIpc) is 2.38. The highest BCUT2D eigenvalue weighted by Crippen LogP contribution is 2.03. The lowest BCUT2D eigenvalue weighted by molar-refractivity contribution is 0.124. The summed E-state index contributed by atoms with van der Waals surface area (Å²) >= 11 is 0. The van der Waals surface area contributed by atoms with Gasteiger partial charge in [0.15, 0.2) is 0 Å². The zero-order valence-corrected chi connectivity index (χ0v) is 9.37. The fraction of sp³-hybridized carbons (Fsp3) is 1.00. The van der Waals surface area contributed by atoms with Crippen molar-refractivity contribution in [3.05, 3.63) is 0 Å². The fourth-order valence-electron chi connectivity index (χ4n) is 1.79. The molecule has 2 N–H and O–H groups in total. The lowest BCUT2D eigenvalue weighted by Gasteiger charge is -2.29. The molecule has 1 unspecified atom stereocenters. The van der Waals surface area contributed by atoms with Gasteiger partial charge in [-0.05, 0) is 33.6 Å². The Labute approximate surface area is 86.9 Å². The first-order valence-electron chi connectivity index (χ1n) is 5.44. The van der Waals surface area contributed by atoms with Crippen LogP contribution in [0.5, 0.6) is 0 Å². The Hall–Kier alpha value is -0.160. The molecule has 1 fully saturated rings. The van der Waals surface area contributed by atoms with Crippen LogP contribution in [0.2, 0.25) is 0 Å². The summed E-state index contributed by atoms with van der Waals surface area (Å²) in [5, 5.41) is 12.6. The minimum Gasteiger partial charge on any atom is -0.395 e. The molecule has 14 heavy (non-hydrogen) atoms. The molecule has 0 bridgehead atoms. The highest BCUT2D eigenvalue weighted by molar-refractivity contribution is 4.77. The summed E-state index contributed by atoms with van der Waals surface area (Å²) in [4.78, 5) is 4.58. The van der Waals surface area contributed by atoms with Gasteiger partial charge in [0.25, 0.3) is 0 Å². The maximum absolute atomic E-state index is 9.26. The van der Waals surface area contributed by atoms with Crippen LogP contribution in [-0.4, -0.2) is 74.4 Å². The third kappa shape index (κ3) is 3.92. The van der Waals surface area contributed by atoms with Crippen molar-refractivity contribution in [2.45, 2.75) is 12.5 Å². The third-order valence-electron chi connectivity index (χ3n) is 2.74. The van der Waals surface area contributed by atoms with Crippen molar-refractivity contribution in [1.29, 1.82) is 0 Å². The largest absolute Gasteiger partial charge is 0.395 e. The zero-order chi connectivity index (χ0) is 10.4. The molecule has 0 radical (unpaired) electrons. The Balaban J connectivity index is 2.36. The van der Waals surface area contributed by atoms with Crippen LogP contribution in [0.15, 0.2) is 0 Å². The molecule has 84 valence electrons. The first kappa shape index (κ1) is 11.9. The molecule has 1 rings (SSSR count). The maximum Gasteiger partial charge on any atom is 0.0599 e. The summed E-state index contributed by atoms with van der Waals surface area (Å²) < 4.78 is 0. The van der Waals surface area contributed by atoms with E-state index in [9.17, 15) is 5.11 Å². The Bertz CT molecular complexity index is 152. The van der Waals surface area contributed by atoms with E-state index >= 15 is 0 Å². The number of hydrogen-bond donors (Lipinski definition) is 2. The van der Waals surface area contributed by atoms with E-state index in [0.717, 1.165) is 32.7 Å². The second kappa shape index (κ2) is 6.35. The fourth-order valence-corrected chi connectivity index (χ4v) is 1.79. The van der Waals surface area contributed by atoms with Gasteiger partial charge < -0.3 is 15.3 Å². The van der Waals surface area contributed by atoms with Gasteiger partial charge in [-0.1, -0.05) is 0 Å². The second-order valence-electron chi connectivity index (χ2n) is 4.23. The molecule has 4 nitrogen and oxygen atoms in total. The quantitative estimate of drug-likeness (QED) is 0.625. The maximum atomic E-state index is 9.26. The summed E-state index contributed by atoms with van der Waals surface area (Å²) in [6.07, 6.45) is 1.18. The average molecular weight is 201 g/mol. The number of nitrogens with one attached hydrogen (secondary N) is 1. The van der Waals surface area contributed by atoms with Crippen LogP contribution in [-0.2, 0) is 0 Å². The van der Waals surface area contributed by atoms with Crippen molar-refractivity contribution in [2.24, 2.45) is 0 Å². The molecule has 4 heteroatoms. The number of rotatable bonds is 4. The van der Waals surface area contributed by atoms with Gasteiger partial charge in [-0.2, -0.15) is 0 Å². The first-order chi connectivity index (χ1) is 6.74. The van der Waals surface area contributed by atoms with E-state index < -0.39 is 0 Å². The van der Waals surface area contributed by atoms with E-state index in [1.807, 2.05) is 0 Å². The number of aliphatic hydroxyl groups excluding tert-OH is 1. The summed E-state index contributed by atoms with van der Waals surface area (Å²) in [6.45, 7) is 5.49. The molecular weight excluding hydrogens is 178 g/mol. The summed E-state index contributed by atoms with van der Waals surface area (Å²) in [6, 6.07) is 0.303. The number of hydrogen-bond acceptors (Lipinski definition) is 4. The van der Waals surface area contributed by atoms with Crippen LogP contribution in [0.4, 0.5) is 0 Å². The van der Waals surface area contributed by atoms with Gasteiger partial charge in [-0.15, -0.1) is 0 Å². The van der Waals surface area contributed by atoms with Crippen LogP contribution in [0.25, 0.3) is 0 Å². The van der Waals surface area contributed by atoms with Gasteiger partial charge in [-0.25, -0.2) is 0 Å². The molecule has 1 aliphatic heterocycles. The molecule has 0 aliphatic carbocycles. The van der Waals surface area contributed by atoms with Crippen LogP contribution in [0.3, 0.4) is 0 Å². The van der Waals surface area contributed by atoms with Crippen molar-refractivity contribution >= 4 is 0 Å². The van der Waals surface area contributed by atoms with Gasteiger partial charge in [0, 0.05) is 25.7 Å². The molecule has 0 saturated carbocycles. The minimum absolute atomic E-state index is 0.264. The van der Waals surface area contributed by atoms with Gasteiger partial charge in [0.05, 0.1) is 6.61 Å². The SMILES string of the molecule is CN(C)CCN1CCCNCC1CO. The monoisotopic (exact) mass is 201 g/mol. The number of nitrogens with zero attached hydrogens (tertiary/aromatic N) is 2.